The van der Waals surface area contributed by atoms with Gasteiger partial charge in [-0.25, -0.2) is 8.78 Å². The molecule has 1 nitrogen and oxygen atoms in total. The van der Waals surface area contributed by atoms with Gasteiger partial charge in [0.25, 0.3) is 0 Å². The molecule has 0 atom stereocenters. The highest BCUT2D eigenvalue weighted by Gasteiger charge is 2.20. The van der Waals surface area contributed by atoms with Crippen molar-refractivity contribution >= 4 is 5.78 Å². The van der Waals surface area contributed by atoms with Crippen LogP contribution in [0.15, 0.2) is 18.2 Å². The number of benzene rings is 1. The average Bonchev–Trinajstić information content (AvgIpc) is 2.23. The molecule has 1 aromatic rings. The van der Waals surface area contributed by atoms with Crippen LogP contribution in [0.1, 0.15) is 37.0 Å². The second-order valence-electron chi connectivity index (χ2n) is 3.50. The zero-order valence-corrected chi connectivity index (χ0v) is 8.89. The lowest BCUT2D eigenvalue weighted by atomic mass is 9.93. The third-order valence-electron chi connectivity index (χ3n) is 2.55. The number of ketones is 1. The molecule has 1 rings (SSSR count). The van der Waals surface area contributed by atoms with E-state index < -0.39 is 11.6 Å². The minimum Gasteiger partial charge on any atom is -0.294 e. The third kappa shape index (κ3) is 2.61. The Labute approximate surface area is 88.1 Å². The molecule has 0 fully saturated rings. The van der Waals surface area contributed by atoms with Crippen LogP contribution in [0.5, 0.6) is 0 Å². The molecule has 1 aromatic carbocycles. The van der Waals surface area contributed by atoms with E-state index >= 15 is 0 Å². The van der Waals surface area contributed by atoms with E-state index in [4.69, 9.17) is 0 Å². The van der Waals surface area contributed by atoms with Crippen molar-refractivity contribution in [3.8, 4) is 0 Å². The molecular weight excluding hydrogens is 198 g/mol. The average molecular weight is 212 g/mol. The first-order chi connectivity index (χ1) is 7.10. The third-order valence-corrected chi connectivity index (χ3v) is 2.55. The van der Waals surface area contributed by atoms with E-state index in [2.05, 4.69) is 0 Å². The van der Waals surface area contributed by atoms with Crippen molar-refractivity contribution in [3.63, 3.8) is 0 Å². The fraction of sp³-hybridized carbons (Fsp3) is 0.417. The summed E-state index contributed by atoms with van der Waals surface area (Å²) >= 11 is 0. The zero-order chi connectivity index (χ0) is 11.4. The lowest BCUT2D eigenvalue weighted by Crippen LogP contribution is -2.14. The van der Waals surface area contributed by atoms with Crippen molar-refractivity contribution in [2.45, 2.75) is 26.7 Å². The molecule has 0 aliphatic rings. The maximum Gasteiger partial charge on any atom is 0.168 e. The molecule has 82 valence electrons. The maximum atomic E-state index is 13.3. The van der Waals surface area contributed by atoms with Gasteiger partial charge in [0.1, 0.15) is 11.6 Å². The number of halogens is 2. The standard InChI is InChI=1S/C12H14F2O/c1-3-8(4-2)12(15)10-7-9(13)5-6-11(10)14/h5-8H,3-4H2,1-2H3. The Morgan fingerprint density at radius 1 is 1.27 bits per heavy atom. The Balaban J connectivity index is 3.04. The van der Waals surface area contributed by atoms with Gasteiger partial charge in [-0.2, -0.15) is 0 Å². The second kappa shape index (κ2) is 5.01. The summed E-state index contributed by atoms with van der Waals surface area (Å²) in [6.07, 6.45) is 1.29. The lowest BCUT2D eigenvalue weighted by molar-refractivity contribution is 0.0908. The van der Waals surface area contributed by atoms with Gasteiger partial charge < -0.3 is 0 Å². The van der Waals surface area contributed by atoms with E-state index in [-0.39, 0.29) is 17.3 Å². The molecule has 0 saturated heterocycles. The van der Waals surface area contributed by atoms with Gasteiger partial charge in [0, 0.05) is 5.92 Å². The summed E-state index contributed by atoms with van der Waals surface area (Å²) in [4.78, 5) is 11.8. The quantitative estimate of drug-likeness (QED) is 0.697. The molecule has 0 aliphatic heterocycles. The van der Waals surface area contributed by atoms with Crippen molar-refractivity contribution in [2.75, 3.05) is 0 Å². The summed E-state index contributed by atoms with van der Waals surface area (Å²) < 4.78 is 26.1. The predicted molar refractivity (Wildman–Crippen MR) is 54.8 cm³/mol. The summed E-state index contributed by atoms with van der Waals surface area (Å²) in [5.41, 5.74) is -0.135. The van der Waals surface area contributed by atoms with E-state index in [1.54, 1.807) is 0 Å². The smallest absolute Gasteiger partial charge is 0.168 e. The van der Waals surface area contributed by atoms with Crippen molar-refractivity contribution in [2.24, 2.45) is 5.92 Å². The van der Waals surface area contributed by atoms with Crippen LogP contribution in [-0.2, 0) is 0 Å². The Morgan fingerprint density at radius 2 is 1.87 bits per heavy atom. The highest BCUT2D eigenvalue weighted by molar-refractivity contribution is 5.98. The molecule has 0 saturated carbocycles. The second-order valence-corrected chi connectivity index (χ2v) is 3.50. The van der Waals surface area contributed by atoms with Crippen molar-refractivity contribution in [1.29, 1.82) is 0 Å². The van der Waals surface area contributed by atoms with Gasteiger partial charge in [0.2, 0.25) is 0 Å². The molecule has 0 spiro atoms. The zero-order valence-electron chi connectivity index (χ0n) is 8.89. The van der Waals surface area contributed by atoms with Crippen LogP contribution >= 0.6 is 0 Å². The molecule has 0 aliphatic carbocycles. The van der Waals surface area contributed by atoms with E-state index in [9.17, 15) is 13.6 Å². The molecule has 0 bridgehead atoms. The van der Waals surface area contributed by atoms with Crippen LogP contribution in [0.2, 0.25) is 0 Å². The Kier molecular flexibility index (Phi) is 3.95. The number of carbonyl (C=O) groups excluding carboxylic acids is 1. The molecule has 0 N–H and O–H groups in total. The lowest BCUT2D eigenvalue weighted by Gasteiger charge is -2.11. The number of rotatable bonds is 4. The van der Waals surface area contributed by atoms with Gasteiger partial charge in [-0.3, -0.25) is 4.79 Å². The van der Waals surface area contributed by atoms with Crippen molar-refractivity contribution in [3.05, 3.63) is 35.4 Å². The largest absolute Gasteiger partial charge is 0.294 e. The first-order valence-corrected chi connectivity index (χ1v) is 5.09. The van der Waals surface area contributed by atoms with Crippen LogP contribution in [0.25, 0.3) is 0 Å². The fourth-order valence-corrected chi connectivity index (χ4v) is 1.57. The summed E-state index contributed by atoms with van der Waals surface area (Å²) in [7, 11) is 0. The number of carbonyl (C=O) groups is 1. The number of hydrogen-bond donors (Lipinski definition) is 0. The highest BCUT2D eigenvalue weighted by atomic mass is 19.1. The SMILES string of the molecule is CCC(CC)C(=O)c1cc(F)ccc1F. The Hall–Kier alpha value is -1.25. The molecule has 0 unspecified atom stereocenters. The summed E-state index contributed by atoms with van der Waals surface area (Å²) in [6, 6.07) is 2.97. The first kappa shape index (κ1) is 11.8. The minimum atomic E-state index is -0.645. The van der Waals surface area contributed by atoms with Gasteiger partial charge in [0.15, 0.2) is 5.78 Å². The molecule has 0 amide bonds. The summed E-state index contributed by atoms with van der Waals surface area (Å²) in [5.74, 6) is -1.75. The van der Waals surface area contributed by atoms with Crippen molar-refractivity contribution < 1.29 is 13.6 Å². The van der Waals surface area contributed by atoms with Gasteiger partial charge >= 0.3 is 0 Å². The fourth-order valence-electron chi connectivity index (χ4n) is 1.57. The van der Waals surface area contributed by atoms with Crippen molar-refractivity contribution in [1.82, 2.24) is 0 Å². The van der Waals surface area contributed by atoms with Crippen LogP contribution < -0.4 is 0 Å². The van der Waals surface area contributed by atoms with Gasteiger partial charge in [-0.15, -0.1) is 0 Å². The first-order valence-electron chi connectivity index (χ1n) is 5.09. The van der Waals surface area contributed by atoms with E-state index in [0.717, 1.165) is 18.2 Å². The summed E-state index contributed by atoms with van der Waals surface area (Å²) in [5, 5.41) is 0. The van der Waals surface area contributed by atoms with Gasteiger partial charge in [0.05, 0.1) is 5.56 Å². The monoisotopic (exact) mass is 212 g/mol. The Bertz CT molecular complexity index is 357. The Morgan fingerprint density at radius 3 is 2.40 bits per heavy atom. The van der Waals surface area contributed by atoms with Gasteiger partial charge in [-0.05, 0) is 31.0 Å². The molecule has 0 aromatic heterocycles. The molecule has 3 heteroatoms. The van der Waals surface area contributed by atoms with E-state index in [1.807, 2.05) is 13.8 Å². The van der Waals surface area contributed by atoms with Crippen LogP contribution in [0, 0.1) is 17.6 Å². The molecule has 15 heavy (non-hydrogen) atoms. The minimum absolute atomic E-state index is 0.135. The molecule has 0 heterocycles. The van der Waals surface area contributed by atoms with Gasteiger partial charge in [-0.1, -0.05) is 13.8 Å². The van der Waals surface area contributed by atoms with Crippen LogP contribution in [-0.4, -0.2) is 5.78 Å². The molecule has 0 radical (unpaired) electrons. The topological polar surface area (TPSA) is 17.1 Å². The van der Waals surface area contributed by atoms with E-state index in [1.165, 1.54) is 0 Å². The normalized spacial score (nSPS) is 10.7. The highest BCUT2D eigenvalue weighted by Crippen LogP contribution is 2.18. The van der Waals surface area contributed by atoms with E-state index in [0.29, 0.717) is 12.8 Å². The number of hydrogen-bond acceptors (Lipinski definition) is 1. The van der Waals surface area contributed by atoms with Crippen LogP contribution in [0.3, 0.4) is 0 Å². The molecular formula is C12H14F2O. The number of Topliss-reactive ketones (excluding diaryl/α,β-unsaturated/α-hetero) is 1. The summed E-state index contributed by atoms with van der Waals surface area (Å²) in [6.45, 7) is 3.73. The van der Waals surface area contributed by atoms with Crippen LogP contribution in [0.4, 0.5) is 8.78 Å². The maximum absolute atomic E-state index is 13.3. The predicted octanol–water partition coefficient (Wildman–Crippen LogP) is 3.58.